The SMILES string of the molecule is CC(C)CC(=O)NNc1nc(CN(Cc2ccccc2)Cc2ccccc2)nc2ccccc12. The van der Waals surface area contributed by atoms with Gasteiger partial charge in [0.2, 0.25) is 5.91 Å². The van der Waals surface area contributed by atoms with Crippen LogP contribution >= 0.6 is 0 Å². The minimum atomic E-state index is -0.0611. The number of hydrogen-bond acceptors (Lipinski definition) is 5. The number of aromatic nitrogens is 2. The third kappa shape index (κ3) is 6.62. The molecule has 4 aromatic rings. The molecule has 0 fully saturated rings. The van der Waals surface area contributed by atoms with Crippen molar-refractivity contribution in [3.05, 3.63) is 102 Å². The van der Waals surface area contributed by atoms with Crippen LogP contribution in [0, 0.1) is 5.92 Å². The molecule has 34 heavy (non-hydrogen) atoms. The summed E-state index contributed by atoms with van der Waals surface area (Å²) in [5, 5.41) is 0.869. The average Bonchev–Trinajstić information content (AvgIpc) is 2.83. The van der Waals surface area contributed by atoms with E-state index in [1.807, 2.05) is 50.2 Å². The predicted molar refractivity (Wildman–Crippen MR) is 137 cm³/mol. The van der Waals surface area contributed by atoms with Gasteiger partial charge >= 0.3 is 0 Å². The van der Waals surface area contributed by atoms with Crippen LogP contribution in [0.15, 0.2) is 84.9 Å². The van der Waals surface area contributed by atoms with E-state index >= 15 is 0 Å². The van der Waals surface area contributed by atoms with Gasteiger partial charge in [-0.15, -0.1) is 0 Å². The minimum absolute atomic E-state index is 0.0611. The van der Waals surface area contributed by atoms with Gasteiger partial charge in [-0.1, -0.05) is 86.6 Å². The number of para-hydroxylation sites is 1. The highest BCUT2D eigenvalue weighted by Crippen LogP contribution is 2.21. The van der Waals surface area contributed by atoms with Gasteiger partial charge in [0.25, 0.3) is 0 Å². The van der Waals surface area contributed by atoms with Gasteiger partial charge in [-0.2, -0.15) is 0 Å². The first kappa shape index (κ1) is 23.4. The van der Waals surface area contributed by atoms with Gasteiger partial charge in [0.15, 0.2) is 5.82 Å². The van der Waals surface area contributed by atoms with E-state index in [-0.39, 0.29) is 11.8 Å². The molecule has 0 bridgehead atoms. The maximum atomic E-state index is 12.2. The van der Waals surface area contributed by atoms with Crippen LogP contribution in [0.3, 0.4) is 0 Å². The summed E-state index contributed by atoms with van der Waals surface area (Å²) in [6, 6.07) is 28.7. The summed E-state index contributed by atoms with van der Waals surface area (Å²) < 4.78 is 0. The van der Waals surface area contributed by atoms with Crippen LogP contribution in [0.1, 0.15) is 37.2 Å². The molecule has 174 valence electrons. The van der Waals surface area contributed by atoms with Gasteiger partial charge in [0.05, 0.1) is 12.1 Å². The number of hydrazine groups is 1. The Morgan fingerprint density at radius 2 is 1.38 bits per heavy atom. The van der Waals surface area contributed by atoms with Crippen LogP contribution in [0.4, 0.5) is 5.82 Å². The molecule has 6 nitrogen and oxygen atoms in total. The van der Waals surface area contributed by atoms with Gasteiger partial charge in [0, 0.05) is 24.9 Å². The number of fused-ring (bicyclic) bond motifs is 1. The molecule has 0 unspecified atom stereocenters. The number of rotatable bonds is 10. The molecule has 3 aromatic carbocycles. The second kappa shape index (κ2) is 11.4. The van der Waals surface area contributed by atoms with Crippen molar-refractivity contribution in [1.82, 2.24) is 20.3 Å². The van der Waals surface area contributed by atoms with Crippen LogP contribution in [0.5, 0.6) is 0 Å². The summed E-state index contributed by atoms with van der Waals surface area (Å²) in [5.41, 5.74) is 9.14. The van der Waals surface area contributed by atoms with Crippen LogP contribution in [0.25, 0.3) is 10.9 Å². The molecule has 1 aromatic heterocycles. The van der Waals surface area contributed by atoms with Gasteiger partial charge in [-0.05, 0) is 29.2 Å². The van der Waals surface area contributed by atoms with E-state index in [4.69, 9.17) is 9.97 Å². The van der Waals surface area contributed by atoms with E-state index in [1.54, 1.807) is 0 Å². The monoisotopic (exact) mass is 453 g/mol. The van der Waals surface area contributed by atoms with E-state index in [1.165, 1.54) is 11.1 Å². The third-order valence-corrected chi connectivity index (χ3v) is 5.43. The molecule has 0 radical (unpaired) electrons. The second-order valence-corrected chi connectivity index (χ2v) is 8.89. The highest BCUT2D eigenvalue weighted by molar-refractivity contribution is 5.90. The Balaban J connectivity index is 1.59. The number of nitrogens with one attached hydrogen (secondary N) is 2. The zero-order valence-electron chi connectivity index (χ0n) is 19.7. The predicted octanol–water partition coefficient (Wildman–Crippen LogP) is 5.32. The fraction of sp³-hybridized carbons (Fsp3) is 0.250. The van der Waals surface area contributed by atoms with Crippen molar-refractivity contribution in [1.29, 1.82) is 0 Å². The molecule has 0 aliphatic rings. The highest BCUT2D eigenvalue weighted by Gasteiger charge is 2.14. The lowest BCUT2D eigenvalue weighted by Gasteiger charge is -2.22. The molecule has 0 saturated heterocycles. The Hall–Kier alpha value is -3.77. The van der Waals surface area contributed by atoms with Gasteiger partial charge in [0.1, 0.15) is 5.82 Å². The number of amides is 1. The molecule has 0 saturated carbocycles. The maximum absolute atomic E-state index is 12.2. The summed E-state index contributed by atoms with van der Waals surface area (Å²) in [5.74, 6) is 1.53. The molecule has 0 spiro atoms. The summed E-state index contributed by atoms with van der Waals surface area (Å²) in [7, 11) is 0. The Morgan fingerprint density at radius 3 is 2.00 bits per heavy atom. The zero-order valence-corrected chi connectivity index (χ0v) is 19.7. The number of carbonyl (C=O) groups is 1. The van der Waals surface area contributed by atoms with Gasteiger partial charge < -0.3 is 0 Å². The Morgan fingerprint density at radius 1 is 0.794 bits per heavy atom. The smallest absolute Gasteiger partial charge is 0.238 e. The molecular formula is C28H31N5O. The fourth-order valence-corrected chi connectivity index (χ4v) is 3.89. The Labute approximate surface area is 201 Å². The summed E-state index contributed by atoms with van der Waals surface area (Å²) in [6.07, 6.45) is 0.449. The normalized spacial score (nSPS) is 11.2. The number of benzene rings is 3. The molecule has 0 atom stereocenters. The molecule has 1 heterocycles. The van der Waals surface area contributed by atoms with Crippen LogP contribution in [-0.2, 0) is 24.4 Å². The van der Waals surface area contributed by atoms with Crippen molar-refractivity contribution in [2.45, 2.75) is 39.9 Å². The van der Waals surface area contributed by atoms with E-state index in [9.17, 15) is 4.79 Å². The van der Waals surface area contributed by atoms with Crippen molar-refractivity contribution in [2.75, 3.05) is 5.43 Å². The van der Waals surface area contributed by atoms with Crippen molar-refractivity contribution in [2.24, 2.45) is 5.92 Å². The molecule has 6 heteroatoms. The number of anilines is 1. The van der Waals surface area contributed by atoms with Crippen molar-refractivity contribution < 1.29 is 4.79 Å². The molecule has 0 aliphatic carbocycles. The van der Waals surface area contributed by atoms with E-state index < -0.39 is 0 Å². The van der Waals surface area contributed by atoms with Crippen LogP contribution in [-0.4, -0.2) is 20.8 Å². The van der Waals surface area contributed by atoms with Crippen molar-refractivity contribution in [3.63, 3.8) is 0 Å². The highest BCUT2D eigenvalue weighted by atomic mass is 16.2. The largest absolute Gasteiger partial charge is 0.287 e. The van der Waals surface area contributed by atoms with E-state index in [0.29, 0.717) is 24.6 Å². The lowest BCUT2D eigenvalue weighted by atomic mass is 10.1. The van der Waals surface area contributed by atoms with Gasteiger partial charge in [-0.3, -0.25) is 20.5 Å². The Bertz CT molecular complexity index is 1170. The number of nitrogens with zero attached hydrogens (tertiary/aromatic N) is 3. The van der Waals surface area contributed by atoms with E-state index in [0.717, 1.165) is 24.0 Å². The lowest BCUT2D eigenvalue weighted by Crippen LogP contribution is -2.31. The minimum Gasteiger partial charge on any atom is -0.287 e. The standard InChI is InChI=1S/C28H31N5O/c1-21(2)17-27(34)31-32-28-24-15-9-10-16-25(24)29-26(30-28)20-33(18-22-11-5-3-6-12-22)19-23-13-7-4-8-14-23/h3-16,21H,17-20H2,1-2H3,(H,31,34)(H,29,30,32). The van der Waals surface area contributed by atoms with E-state index in [2.05, 4.69) is 64.3 Å². The van der Waals surface area contributed by atoms with Crippen molar-refractivity contribution >= 4 is 22.6 Å². The topological polar surface area (TPSA) is 70.2 Å². The fourth-order valence-electron chi connectivity index (χ4n) is 3.89. The summed E-state index contributed by atoms with van der Waals surface area (Å²) in [6.45, 7) is 6.17. The summed E-state index contributed by atoms with van der Waals surface area (Å²) >= 11 is 0. The van der Waals surface area contributed by atoms with Gasteiger partial charge in [-0.25, -0.2) is 9.97 Å². The Kier molecular flexibility index (Phi) is 7.83. The quantitative estimate of drug-likeness (QED) is 0.318. The first-order chi connectivity index (χ1) is 16.6. The first-order valence-corrected chi connectivity index (χ1v) is 11.7. The van der Waals surface area contributed by atoms with Crippen molar-refractivity contribution in [3.8, 4) is 0 Å². The third-order valence-electron chi connectivity index (χ3n) is 5.43. The molecule has 1 amide bonds. The second-order valence-electron chi connectivity index (χ2n) is 8.89. The number of hydrogen-bond donors (Lipinski definition) is 2. The first-order valence-electron chi connectivity index (χ1n) is 11.7. The molecular weight excluding hydrogens is 422 g/mol. The zero-order chi connectivity index (χ0) is 23.8. The average molecular weight is 454 g/mol. The van der Waals surface area contributed by atoms with Crippen LogP contribution in [0.2, 0.25) is 0 Å². The summed E-state index contributed by atoms with van der Waals surface area (Å²) in [4.78, 5) is 24.2. The molecule has 4 rings (SSSR count). The number of carbonyl (C=O) groups excluding carboxylic acids is 1. The molecule has 2 N–H and O–H groups in total. The molecule has 0 aliphatic heterocycles. The maximum Gasteiger partial charge on any atom is 0.238 e. The van der Waals surface area contributed by atoms with Crippen LogP contribution < -0.4 is 10.9 Å². The lowest BCUT2D eigenvalue weighted by molar-refractivity contribution is -0.121.